The standard InChI is InChI=1S/C29H28ClN5O2S/c1-17-9-10-18(2)21(15-17)16-38-29-33-28-31-19(3)25(27(36)32-23-7-5-6-8-24(23)37-4)26(35(28)34-29)20-11-13-22(30)14-12-20/h5-15,26H,16H2,1-4H3,(H,32,36)(H,31,33,34). The Hall–Kier alpha value is -3.75. The van der Waals surface area contributed by atoms with Gasteiger partial charge in [-0.2, -0.15) is 4.98 Å². The van der Waals surface area contributed by atoms with Crippen LogP contribution in [0.2, 0.25) is 5.02 Å². The van der Waals surface area contributed by atoms with Crippen LogP contribution in [-0.4, -0.2) is 27.8 Å². The van der Waals surface area contributed by atoms with Crippen LogP contribution in [0.4, 0.5) is 11.6 Å². The second-order valence-electron chi connectivity index (χ2n) is 9.15. The van der Waals surface area contributed by atoms with Gasteiger partial charge in [0.15, 0.2) is 0 Å². The molecule has 2 N–H and O–H groups in total. The maximum Gasteiger partial charge on any atom is 0.255 e. The fourth-order valence-corrected chi connectivity index (χ4v) is 5.49. The fraction of sp³-hybridized carbons (Fsp3) is 0.207. The van der Waals surface area contributed by atoms with Crippen LogP contribution in [0, 0.1) is 13.8 Å². The first-order valence-corrected chi connectivity index (χ1v) is 13.5. The smallest absolute Gasteiger partial charge is 0.255 e. The number of hydrogen-bond donors (Lipinski definition) is 2. The third-order valence-corrected chi connectivity index (χ3v) is 7.62. The molecule has 1 amide bonds. The second-order valence-corrected chi connectivity index (χ2v) is 10.5. The predicted octanol–water partition coefficient (Wildman–Crippen LogP) is 6.78. The Morgan fingerprint density at radius 1 is 1.11 bits per heavy atom. The first-order valence-electron chi connectivity index (χ1n) is 12.2. The number of aromatic nitrogens is 3. The molecule has 0 fully saturated rings. The molecule has 1 aromatic heterocycles. The molecule has 4 aromatic rings. The molecule has 0 bridgehead atoms. The lowest BCUT2D eigenvalue weighted by molar-refractivity contribution is -0.113. The van der Waals surface area contributed by atoms with E-state index in [2.05, 4.69) is 42.7 Å². The number of ether oxygens (including phenoxy) is 1. The zero-order chi connectivity index (χ0) is 26.8. The molecule has 194 valence electrons. The normalized spacial score (nSPS) is 14.6. The van der Waals surface area contributed by atoms with Gasteiger partial charge in [-0.3, -0.25) is 4.79 Å². The molecule has 0 aliphatic carbocycles. The average molecular weight is 546 g/mol. The molecule has 3 aromatic carbocycles. The number of halogens is 1. The molecule has 1 aliphatic heterocycles. The van der Waals surface area contributed by atoms with E-state index in [9.17, 15) is 4.79 Å². The predicted molar refractivity (Wildman–Crippen MR) is 153 cm³/mol. The molecule has 1 atom stereocenters. The Kier molecular flexibility index (Phi) is 7.44. The quantitative estimate of drug-likeness (QED) is 0.249. The van der Waals surface area contributed by atoms with E-state index in [0.717, 1.165) is 11.3 Å². The van der Waals surface area contributed by atoms with Crippen molar-refractivity contribution in [1.82, 2.24) is 14.8 Å². The molecular formula is C29H28ClN5O2S. The van der Waals surface area contributed by atoms with Gasteiger partial charge in [-0.15, -0.1) is 5.10 Å². The number of para-hydroxylation sites is 2. The van der Waals surface area contributed by atoms with Crippen molar-refractivity contribution in [1.29, 1.82) is 0 Å². The minimum atomic E-state index is -0.499. The number of carbonyl (C=O) groups excluding carboxylic acids is 1. The highest BCUT2D eigenvalue weighted by atomic mass is 35.5. The van der Waals surface area contributed by atoms with E-state index < -0.39 is 6.04 Å². The lowest BCUT2D eigenvalue weighted by atomic mass is 9.95. The van der Waals surface area contributed by atoms with Gasteiger partial charge in [-0.05, 0) is 61.7 Å². The molecule has 0 saturated carbocycles. The number of nitrogens with one attached hydrogen (secondary N) is 2. The number of fused-ring (bicyclic) bond motifs is 1. The zero-order valence-corrected chi connectivity index (χ0v) is 23.2. The van der Waals surface area contributed by atoms with Gasteiger partial charge in [-0.1, -0.05) is 71.4 Å². The first-order chi connectivity index (χ1) is 18.3. The minimum absolute atomic E-state index is 0.259. The summed E-state index contributed by atoms with van der Waals surface area (Å²) in [6.07, 6.45) is 0. The van der Waals surface area contributed by atoms with Gasteiger partial charge < -0.3 is 15.4 Å². The van der Waals surface area contributed by atoms with Gasteiger partial charge in [0.2, 0.25) is 11.1 Å². The molecule has 2 heterocycles. The van der Waals surface area contributed by atoms with Crippen LogP contribution in [0.3, 0.4) is 0 Å². The Morgan fingerprint density at radius 2 is 1.87 bits per heavy atom. The lowest BCUT2D eigenvalue weighted by Crippen LogP contribution is -2.31. The van der Waals surface area contributed by atoms with Crippen LogP contribution in [0.15, 0.2) is 83.2 Å². The van der Waals surface area contributed by atoms with E-state index in [1.54, 1.807) is 23.6 Å². The van der Waals surface area contributed by atoms with Crippen molar-refractivity contribution in [3.8, 4) is 5.75 Å². The number of allylic oxidation sites excluding steroid dienone is 1. The Morgan fingerprint density at radius 3 is 2.63 bits per heavy atom. The molecule has 0 radical (unpaired) electrons. The van der Waals surface area contributed by atoms with E-state index in [-0.39, 0.29) is 5.91 Å². The summed E-state index contributed by atoms with van der Waals surface area (Å²) >= 11 is 7.76. The Labute approximate surface area is 231 Å². The van der Waals surface area contributed by atoms with Gasteiger partial charge in [-0.25, -0.2) is 4.68 Å². The summed E-state index contributed by atoms with van der Waals surface area (Å²) in [6, 6.07) is 20.7. The van der Waals surface area contributed by atoms with Crippen molar-refractivity contribution in [3.63, 3.8) is 0 Å². The van der Waals surface area contributed by atoms with Crippen molar-refractivity contribution in [2.24, 2.45) is 0 Å². The SMILES string of the molecule is COc1ccccc1NC(=O)C1=C(C)Nc2nc(SCc3cc(C)ccc3C)nn2C1c1ccc(Cl)cc1. The van der Waals surface area contributed by atoms with Crippen molar-refractivity contribution in [2.45, 2.75) is 37.7 Å². The Balaban J connectivity index is 1.49. The fourth-order valence-electron chi connectivity index (χ4n) is 4.48. The summed E-state index contributed by atoms with van der Waals surface area (Å²) in [6.45, 7) is 6.08. The number of anilines is 2. The van der Waals surface area contributed by atoms with Crippen LogP contribution >= 0.6 is 23.4 Å². The number of benzene rings is 3. The summed E-state index contributed by atoms with van der Waals surface area (Å²) in [7, 11) is 1.58. The molecule has 38 heavy (non-hydrogen) atoms. The summed E-state index contributed by atoms with van der Waals surface area (Å²) in [5, 5.41) is 12.4. The van der Waals surface area contributed by atoms with E-state index in [0.29, 0.717) is 38.8 Å². The molecule has 1 unspecified atom stereocenters. The van der Waals surface area contributed by atoms with Crippen LogP contribution in [0.25, 0.3) is 0 Å². The number of rotatable bonds is 7. The van der Waals surface area contributed by atoms with Crippen LogP contribution < -0.4 is 15.4 Å². The number of aryl methyl sites for hydroxylation is 2. The molecule has 1 aliphatic rings. The number of nitrogens with zero attached hydrogens (tertiary/aromatic N) is 3. The number of carbonyl (C=O) groups is 1. The summed E-state index contributed by atoms with van der Waals surface area (Å²) in [4.78, 5) is 18.5. The summed E-state index contributed by atoms with van der Waals surface area (Å²) in [5.74, 6) is 1.65. The van der Waals surface area contributed by atoms with Gasteiger partial charge in [0, 0.05) is 16.5 Å². The van der Waals surface area contributed by atoms with E-state index in [4.69, 9.17) is 26.4 Å². The van der Waals surface area contributed by atoms with Crippen molar-refractivity contribution >= 4 is 40.9 Å². The van der Waals surface area contributed by atoms with Crippen LogP contribution in [0.1, 0.15) is 35.2 Å². The number of methoxy groups -OCH3 is 1. The lowest BCUT2D eigenvalue weighted by Gasteiger charge is -2.28. The van der Waals surface area contributed by atoms with Gasteiger partial charge >= 0.3 is 0 Å². The van der Waals surface area contributed by atoms with Crippen molar-refractivity contribution < 1.29 is 9.53 Å². The van der Waals surface area contributed by atoms with E-state index in [1.165, 1.54) is 16.7 Å². The summed E-state index contributed by atoms with van der Waals surface area (Å²) in [5.41, 5.74) is 6.39. The number of amides is 1. The maximum absolute atomic E-state index is 13.7. The van der Waals surface area contributed by atoms with Crippen molar-refractivity contribution in [2.75, 3.05) is 17.7 Å². The average Bonchev–Trinajstić information content (AvgIpc) is 3.31. The van der Waals surface area contributed by atoms with Gasteiger partial charge in [0.05, 0.1) is 18.4 Å². The van der Waals surface area contributed by atoms with Gasteiger partial charge in [0.25, 0.3) is 5.91 Å². The third kappa shape index (κ3) is 5.28. The second kappa shape index (κ2) is 10.9. The highest BCUT2D eigenvalue weighted by Crippen LogP contribution is 2.38. The van der Waals surface area contributed by atoms with Crippen LogP contribution in [0.5, 0.6) is 5.75 Å². The molecular weight excluding hydrogens is 518 g/mol. The maximum atomic E-state index is 13.7. The highest BCUT2D eigenvalue weighted by Gasteiger charge is 2.34. The monoisotopic (exact) mass is 545 g/mol. The van der Waals surface area contributed by atoms with Gasteiger partial charge in [0.1, 0.15) is 11.8 Å². The molecule has 0 saturated heterocycles. The molecule has 5 rings (SSSR count). The largest absolute Gasteiger partial charge is 0.495 e. The first kappa shape index (κ1) is 25.9. The number of hydrogen-bond acceptors (Lipinski definition) is 6. The molecule has 0 spiro atoms. The summed E-state index contributed by atoms with van der Waals surface area (Å²) < 4.78 is 7.21. The highest BCUT2D eigenvalue weighted by molar-refractivity contribution is 7.98. The van der Waals surface area contributed by atoms with E-state index >= 15 is 0 Å². The van der Waals surface area contributed by atoms with E-state index in [1.807, 2.05) is 55.5 Å². The minimum Gasteiger partial charge on any atom is -0.495 e. The zero-order valence-electron chi connectivity index (χ0n) is 21.6. The van der Waals surface area contributed by atoms with Crippen molar-refractivity contribution in [3.05, 3.63) is 105 Å². The number of thioether (sulfide) groups is 1. The topological polar surface area (TPSA) is 81.1 Å². The van der Waals surface area contributed by atoms with Crippen LogP contribution in [-0.2, 0) is 10.5 Å². The third-order valence-electron chi connectivity index (χ3n) is 6.48. The Bertz CT molecular complexity index is 1530. The molecule has 7 nitrogen and oxygen atoms in total. The molecule has 9 heteroatoms.